The zero-order chi connectivity index (χ0) is 13.8. The fourth-order valence-corrected chi connectivity index (χ4v) is 1.11. The van der Waals surface area contributed by atoms with Crippen molar-refractivity contribution in [2.75, 3.05) is 0 Å². The maximum atomic E-state index is 12.1. The van der Waals surface area contributed by atoms with Crippen molar-refractivity contribution in [2.45, 2.75) is 6.36 Å². The van der Waals surface area contributed by atoms with Gasteiger partial charge in [-0.15, -0.1) is 13.2 Å². The van der Waals surface area contributed by atoms with Gasteiger partial charge in [0.15, 0.2) is 0 Å². The molecule has 0 unspecified atom stereocenters. The lowest BCUT2D eigenvalue weighted by atomic mass is 10.1. The van der Waals surface area contributed by atoms with Crippen molar-refractivity contribution < 1.29 is 27.8 Å². The van der Waals surface area contributed by atoms with E-state index in [9.17, 15) is 18.0 Å². The van der Waals surface area contributed by atoms with Crippen molar-refractivity contribution in [3.05, 3.63) is 35.4 Å². The molecule has 0 atom stereocenters. The molecule has 4 nitrogen and oxygen atoms in total. The molecule has 0 saturated heterocycles. The van der Waals surface area contributed by atoms with Gasteiger partial charge in [-0.25, -0.2) is 4.79 Å². The van der Waals surface area contributed by atoms with Crippen LogP contribution in [0.2, 0.25) is 0 Å². The van der Waals surface area contributed by atoms with Crippen molar-refractivity contribution in [1.82, 2.24) is 0 Å². The molecule has 1 N–H and O–H groups in total. The monoisotopic (exact) mass is 257 g/mol. The molecule has 0 aliphatic heterocycles. The summed E-state index contributed by atoms with van der Waals surface area (Å²) in [7, 11) is 0. The Morgan fingerprint density at radius 3 is 2.50 bits per heavy atom. The van der Waals surface area contributed by atoms with Gasteiger partial charge in [0.05, 0.1) is 0 Å². The van der Waals surface area contributed by atoms with Crippen LogP contribution in [0.25, 0.3) is 6.08 Å². The Morgan fingerprint density at radius 2 is 2.00 bits per heavy atom. The lowest BCUT2D eigenvalue weighted by Crippen LogP contribution is -2.17. The van der Waals surface area contributed by atoms with Gasteiger partial charge < -0.3 is 9.84 Å². The number of carboxylic acid groups (broad SMARTS) is 1. The van der Waals surface area contributed by atoms with Gasteiger partial charge >= 0.3 is 12.3 Å². The van der Waals surface area contributed by atoms with Crippen molar-refractivity contribution >= 4 is 12.0 Å². The number of alkyl halides is 3. The molecule has 1 aromatic carbocycles. The molecule has 0 bridgehead atoms. The number of carbonyl (C=O) groups is 1. The summed E-state index contributed by atoms with van der Waals surface area (Å²) in [6.07, 6.45) is -4.08. The maximum absolute atomic E-state index is 12.1. The minimum atomic E-state index is -4.89. The molecule has 0 fully saturated rings. The fraction of sp³-hybridized carbons (Fsp3) is 0.0909. The van der Waals surface area contributed by atoms with Crippen molar-refractivity contribution in [2.24, 2.45) is 0 Å². The minimum absolute atomic E-state index is 0.145. The van der Waals surface area contributed by atoms with Crippen LogP contribution in [-0.2, 0) is 4.79 Å². The Bertz CT molecular complexity index is 529. The van der Waals surface area contributed by atoms with Gasteiger partial charge in [0.25, 0.3) is 0 Å². The van der Waals surface area contributed by atoms with Crippen LogP contribution < -0.4 is 4.74 Å². The third-order valence-corrected chi connectivity index (χ3v) is 1.80. The predicted octanol–water partition coefficient (Wildman–Crippen LogP) is 2.58. The number of para-hydroxylation sites is 1. The molecule has 18 heavy (non-hydrogen) atoms. The summed E-state index contributed by atoms with van der Waals surface area (Å²) in [5.74, 6) is -2.10. The summed E-state index contributed by atoms with van der Waals surface area (Å²) in [6, 6.07) is 6.29. The third kappa shape index (κ3) is 3.83. The van der Waals surface area contributed by atoms with Crippen LogP contribution in [0.15, 0.2) is 29.8 Å². The number of hydrogen-bond donors (Lipinski definition) is 1. The summed E-state index contributed by atoms with van der Waals surface area (Å²) < 4.78 is 39.9. The van der Waals surface area contributed by atoms with E-state index in [1.807, 2.05) is 0 Å². The second kappa shape index (κ2) is 5.23. The lowest BCUT2D eigenvalue weighted by Gasteiger charge is -2.11. The van der Waals surface area contributed by atoms with Gasteiger partial charge in [-0.05, 0) is 12.1 Å². The lowest BCUT2D eigenvalue weighted by molar-refractivity contribution is -0.274. The second-order valence-corrected chi connectivity index (χ2v) is 3.06. The zero-order valence-electron chi connectivity index (χ0n) is 8.73. The summed E-state index contributed by atoms with van der Waals surface area (Å²) in [5.41, 5.74) is -0.831. The third-order valence-electron chi connectivity index (χ3n) is 1.80. The molecule has 0 saturated carbocycles. The first-order chi connectivity index (χ1) is 8.33. The Kier molecular flexibility index (Phi) is 3.94. The van der Waals surface area contributed by atoms with Gasteiger partial charge in [-0.1, -0.05) is 18.2 Å². The van der Waals surface area contributed by atoms with Crippen LogP contribution in [0.1, 0.15) is 5.56 Å². The van der Waals surface area contributed by atoms with Gasteiger partial charge in [-0.2, -0.15) is 5.26 Å². The van der Waals surface area contributed by atoms with Crippen molar-refractivity contribution in [3.8, 4) is 11.8 Å². The fourth-order valence-electron chi connectivity index (χ4n) is 1.11. The number of nitriles is 1. The number of halogens is 3. The average Bonchev–Trinajstić information content (AvgIpc) is 2.25. The summed E-state index contributed by atoms with van der Waals surface area (Å²) in [5, 5.41) is 17.1. The van der Waals surface area contributed by atoms with Crippen LogP contribution in [0.3, 0.4) is 0 Å². The number of hydrogen-bond acceptors (Lipinski definition) is 3. The van der Waals surface area contributed by atoms with E-state index in [2.05, 4.69) is 4.74 Å². The van der Waals surface area contributed by atoms with E-state index in [0.717, 1.165) is 12.1 Å². The highest BCUT2D eigenvalue weighted by Gasteiger charge is 2.31. The quantitative estimate of drug-likeness (QED) is 0.667. The molecule has 1 rings (SSSR count). The van der Waals surface area contributed by atoms with E-state index in [1.54, 1.807) is 0 Å². The Hall–Kier alpha value is -2.49. The predicted molar refractivity (Wildman–Crippen MR) is 54.4 cm³/mol. The number of carboxylic acids is 1. The summed E-state index contributed by atoms with van der Waals surface area (Å²) in [6.45, 7) is 0. The first kappa shape index (κ1) is 13.6. The minimum Gasteiger partial charge on any atom is -0.477 e. The molecule has 0 aliphatic carbocycles. The van der Waals surface area contributed by atoms with Crippen LogP contribution in [0, 0.1) is 11.3 Å². The van der Waals surface area contributed by atoms with E-state index in [-0.39, 0.29) is 5.56 Å². The number of benzene rings is 1. The molecule has 0 spiro atoms. The normalized spacial score (nSPS) is 11.8. The number of aliphatic carboxylic acids is 1. The highest BCUT2D eigenvalue weighted by molar-refractivity contribution is 5.96. The van der Waals surface area contributed by atoms with E-state index < -0.39 is 23.7 Å². The van der Waals surface area contributed by atoms with E-state index in [1.165, 1.54) is 24.3 Å². The van der Waals surface area contributed by atoms with Gasteiger partial charge in [0, 0.05) is 5.56 Å². The smallest absolute Gasteiger partial charge is 0.477 e. The zero-order valence-corrected chi connectivity index (χ0v) is 8.73. The molecule has 0 amide bonds. The molecule has 7 heteroatoms. The second-order valence-electron chi connectivity index (χ2n) is 3.06. The number of ether oxygens (including phenoxy) is 1. The van der Waals surface area contributed by atoms with Crippen LogP contribution >= 0.6 is 0 Å². The van der Waals surface area contributed by atoms with Crippen LogP contribution in [0.5, 0.6) is 5.75 Å². The molecule has 0 heterocycles. The largest absolute Gasteiger partial charge is 0.573 e. The van der Waals surface area contributed by atoms with E-state index >= 15 is 0 Å². The first-order valence-corrected chi connectivity index (χ1v) is 4.53. The van der Waals surface area contributed by atoms with Crippen LogP contribution in [-0.4, -0.2) is 17.4 Å². The van der Waals surface area contributed by atoms with Gasteiger partial charge in [-0.3, -0.25) is 0 Å². The highest BCUT2D eigenvalue weighted by atomic mass is 19.4. The number of rotatable bonds is 3. The van der Waals surface area contributed by atoms with Crippen molar-refractivity contribution in [1.29, 1.82) is 5.26 Å². The van der Waals surface area contributed by atoms with Crippen LogP contribution in [0.4, 0.5) is 13.2 Å². The van der Waals surface area contributed by atoms with E-state index in [4.69, 9.17) is 10.4 Å². The Labute approximate surface area is 99.5 Å². The Balaban J connectivity index is 3.18. The number of nitrogens with zero attached hydrogens (tertiary/aromatic N) is 1. The highest BCUT2D eigenvalue weighted by Crippen LogP contribution is 2.27. The summed E-state index contributed by atoms with van der Waals surface area (Å²) in [4.78, 5) is 10.6. The SMILES string of the molecule is N#CC(=Cc1ccccc1OC(F)(F)F)C(=O)O. The molecule has 94 valence electrons. The average molecular weight is 257 g/mol. The molecular weight excluding hydrogens is 251 g/mol. The molecule has 1 aromatic rings. The Morgan fingerprint density at radius 1 is 1.39 bits per heavy atom. The molecular formula is C11H6F3NO3. The van der Waals surface area contributed by atoms with E-state index in [0.29, 0.717) is 0 Å². The standard InChI is InChI=1S/C11H6F3NO3/c12-11(13,14)18-9-4-2-1-3-7(9)5-8(6-15)10(16)17/h1-5H,(H,16,17). The molecule has 0 radical (unpaired) electrons. The topological polar surface area (TPSA) is 70.3 Å². The first-order valence-electron chi connectivity index (χ1n) is 4.53. The van der Waals surface area contributed by atoms with Crippen molar-refractivity contribution in [3.63, 3.8) is 0 Å². The van der Waals surface area contributed by atoms with Gasteiger partial charge in [0.1, 0.15) is 17.4 Å². The summed E-state index contributed by atoms with van der Waals surface area (Å²) >= 11 is 0. The molecule has 0 aromatic heterocycles. The van der Waals surface area contributed by atoms with Gasteiger partial charge in [0.2, 0.25) is 0 Å². The maximum Gasteiger partial charge on any atom is 0.573 e. The molecule has 0 aliphatic rings.